The lowest BCUT2D eigenvalue weighted by atomic mass is 10.1. The van der Waals surface area contributed by atoms with Gasteiger partial charge in [0.1, 0.15) is 11.6 Å². The maximum Gasteiger partial charge on any atom is 0.155 e. The van der Waals surface area contributed by atoms with Crippen molar-refractivity contribution in [3.05, 3.63) is 77.4 Å². The van der Waals surface area contributed by atoms with Crippen LogP contribution in [0, 0.1) is 0 Å². The van der Waals surface area contributed by atoms with Crippen LogP contribution in [0.2, 0.25) is 0 Å². The minimum atomic E-state index is 0.108. The standard InChI is InChI=1S/C22H26N4O2/c1-25-12-13-28-16-19(25)22-23-21(14-18-10-6-7-11-20(18)27-2)24-26(22)15-17-8-4-3-5-9-17/h3-11,19H,12-16H2,1-2H3/t19-/m1/s1. The summed E-state index contributed by atoms with van der Waals surface area (Å²) in [6.07, 6.45) is 0.635. The van der Waals surface area contributed by atoms with Crippen LogP contribution in [0.1, 0.15) is 28.8 Å². The summed E-state index contributed by atoms with van der Waals surface area (Å²) in [4.78, 5) is 7.22. The first-order valence-electron chi connectivity index (χ1n) is 9.62. The van der Waals surface area contributed by atoms with Gasteiger partial charge in [0, 0.05) is 18.5 Å². The molecule has 0 amide bonds. The molecule has 2 heterocycles. The number of morpholine rings is 1. The van der Waals surface area contributed by atoms with E-state index in [1.807, 2.05) is 28.9 Å². The Morgan fingerprint density at radius 1 is 1.11 bits per heavy atom. The van der Waals surface area contributed by atoms with E-state index in [1.165, 1.54) is 5.56 Å². The Bertz CT molecular complexity index is 910. The number of hydrogen-bond acceptors (Lipinski definition) is 5. The van der Waals surface area contributed by atoms with E-state index < -0.39 is 0 Å². The zero-order valence-electron chi connectivity index (χ0n) is 16.4. The zero-order chi connectivity index (χ0) is 19.3. The Labute approximate surface area is 165 Å². The minimum Gasteiger partial charge on any atom is -0.496 e. The summed E-state index contributed by atoms with van der Waals surface area (Å²) in [5.74, 6) is 2.62. The molecule has 28 heavy (non-hydrogen) atoms. The van der Waals surface area contributed by atoms with Crippen LogP contribution in [-0.4, -0.2) is 53.6 Å². The van der Waals surface area contributed by atoms with Crippen molar-refractivity contribution in [3.8, 4) is 5.75 Å². The Kier molecular flexibility index (Phi) is 5.69. The van der Waals surface area contributed by atoms with Gasteiger partial charge < -0.3 is 9.47 Å². The lowest BCUT2D eigenvalue weighted by Gasteiger charge is -2.31. The topological polar surface area (TPSA) is 52.4 Å². The molecule has 3 aromatic rings. The van der Waals surface area contributed by atoms with Crippen molar-refractivity contribution in [2.24, 2.45) is 0 Å². The van der Waals surface area contributed by atoms with Gasteiger partial charge in [-0.1, -0.05) is 48.5 Å². The molecule has 0 spiro atoms. The summed E-state index contributed by atoms with van der Waals surface area (Å²) in [6.45, 7) is 2.98. The van der Waals surface area contributed by atoms with Crippen LogP contribution in [0.4, 0.5) is 0 Å². The van der Waals surface area contributed by atoms with E-state index >= 15 is 0 Å². The fourth-order valence-electron chi connectivity index (χ4n) is 3.57. The molecular formula is C22H26N4O2. The third-order valence-electron chi connectivity index (χ3n) is 5.15. The minimum absolute atomic E-state index is 0.108. The predicted octanol–water partition coefficient (Wildman–Crippen LogP) is 2.93. The number of methoxy groups -OCH3 is 1. The van der Waals surface area contributed by atoms with Crippen molar-refractivity contribution in [1.29, 1.82) is 0 Å². The maximum atomic E-state index is 5.73. The maximum absolute atomic E-state index is 5.73. The molecule has 0 aliphatic carbocycles. The quantitative estimate of drug-likeness (QED) is 0.660. The third-order valence-corrected chi connectivity index (χ3v) is 5.15. The van der Waals surface area contributed by atoms with Crippen LogP contribution < -0.4 is 4.74 Å². The number of ether oxygens (including phenoxy) is 2. The summed E-state index contributed by atoms with van der Waals surface area (Å²) < 4.78 is 13.3. The molecule has 1 atom stereocenters. The van der Waals surface area contributed by atoms with Gasteiger partial charge in [0.25, 0.3) is 0 Å². The number of rotatable bonds is 6. The summed E-state index contributed by atoms with van der Waals surface area (Å²) in [6, 6.07) is 18.5. The molecular weight excluding hydrogens is 352 g/mol. The van der Waals surface area contributed by atoms with Crippen LogP contribution in [0.5, 0.6) is 5.75 Å². The normalized spacial score (nSPS) is 17.6. The molecule has 1 aliphatic rings. The average molecular weight is 378 g/mol. The number of likely N-dealkylation sites (N-methyl/N-ethyl adjacent to an activating group) is 1. The van der Waals surface area contributed by atoms with Gasteiger partial charge in [-0.05, 0) is 18.7 Å². The molecule has 1 fully saturated rings. The van der Waals surface area contributed by atoms with Crippen LogP contribution in [0.25, 0.3) is 0 Å². The van der Waals surface area contributed by atoms with Gasteiger partial charge >= 0.3 is 0 Å². The molecule has 6 heteroatoms. The Hall–Kier alpha value is -2.70. The van der Waals surface area contributed by atoms with Crippen molar-refractivity contribution < 1.29 is 9.47 Å². The highest BCUT2D eigenvalue weighted by molar-refractivity contribution is 5.35. The Balaban J connectivity index is 1.67. The molecule has 146 valence electrons. The highest BCUT2D eigenvalue weighted by Crippen LogP contribution is 2.24. The summed E-state index contributed by atoms with van der Waals surface area (Å²) >= 11 is 0. The highest BCUT2D eigenvalue weighted by Gasteiger charge is 2.27. The van der Waals surface area contributed by atoms with Crippen LogP contribution in [-0.2, 0) is 17.7 Å². The molecule has 6 nitrogen and oxygen atoms in total. The second-order valence-electron chi connectivity index (χ2n) is 7.09. The number of hydrogen-bond donors (Lipinski definition) is 0. The van der Waals surface area contributed by atoms with Gasteiger partial charge in [-0.3, -0.25) is 4.90 Å². The zero-order valence-corrected chi connectivity index (χ0v) is 16.4. The van der Waals surface area contributed by atoms with E-state index in [2.05, 4.69) is 42.3 Å². The molecule has 1 saturated heterocycles. The highest BCUT2D eigenvalue weighted by atomic mass is 16.5. The van der Waals surface area contributed by atoms with Crippen LogP contribution >= 0.6 is 0 Å². The monoisotopic (exact) mass is 378 g/mol. The van der Waals surface area contributed by atoms with Crippen molar-refractivity contribution >= 4 is 0 Å². The van der Waals surface area contributed by atoms with Crippen molar-refractivity contribution in [2.45, 2.75) is 19.0 Å². The van der Waals surface area contributed by atoms with E-state index in [0.29, 0.717) is 19.6 Å². The van der Waals surface area contributed by atoms with Gasteiger partial charge in [-0.15, -0.1) is 0 Å². The van der Waals surface area contributed by atoms with Crippen molar-refractivity contribution in [2.75, 3.05) is 33.9 Å². The van der Waals surface area contributed by atoms with E-state index in [4.69, 9.17) is 19.6 Å². The molecule has 0 radical (unpaired) electrons. The summed E-state index contributed by atoms with van der Waals surface area (Å²) in [7, 11) is 3.81. The summed E-state index contributed by atoms with van der Waals surface area (Å²) in [5.41, 5.74) is 2.29. The number of aromatic nitrogens is 3. The summed E-state index contributed by atoms with van der Waals surface area (Å²) in [5, 5.41) is 4.85. The SMILES string of the molecule is COc1ccccc1Cc1nc([C@H]2COCCN2C)n(Cc2ccccc2)n1. The predicted molar refractivity (Wildman–Crippen MR) is 108 cm³/mol. The van der Waals surface area contributed by atoms with Crippen LogP contribution in [0.3, 0.4) is 0 Å². The molecule has 4 rings (SSSR count). The second-order valence-corrected chi connectivity index (χ2v) is 7.09. The molecule has 0 N–H and O–H groups in total. The molecule has 1 aliphatic heterocycles. The molecule has 2 aromatic carbocycles. The fraction of sp³-hybridized carbons (Fsp3) is 0.364. The van der Waals surface area contributed by atoms with Crippen LogP contribution in [0.15, 0.2) is 54.6 Å². The molecule has 0 bridgehead atoms. The third kappa shape index (κ3) is 4.08. The Morgan fingerprint density at radius 3 is 2.68 bits per heavy atom. The van der Waals surface area contributed by atoms with E-state index in [0.717, 1.165) is 36.1 Å². The average Bonchev–Trinajstić information content (AvgIpc) is 3.11. The van der Waals surface area contributed by atoms with Gasteiger partial charge in [0.2, 0.25) is 0 Å². The van der Waals surface area contributed by atoms with E-state index in [-0.39, 0.29) is 6.04 Å². The number of benzene rings is 2. The lowest BCUT2D eigenvalue weighted by Crippen LogP contribution is -2.38. The largest absolute Gasteiger partial charge is 0.496 e. The van der Waals surface area contributed by atoms with E-state index in [9.17, 15) is 0 Å². The van der Waals surface area contributed by atoms with Gasteiger partial charge in [0.15, 0.2) is 5.82 Å². The first kappa shape index (κ1) is 18.7. The Morgan fingerprint density at radius 2 is 1.89 bits per heavy atom. The smallest absolute Gasteiger partial charge is 0.155 e. The molecule has 0 unspecified atom stereocenters. The molecule has 1 aromatic heterocycles. The fourth-order valence-corrected chi connectivity index (χ4v) is 3.57. The number of para-hydroxylation sites is 1. The molecule has 0 saturated carbocycles. The van der Waals surface area contributed by atoms with E-state index in [1.54, 1.807) is 7.11 Å². The second kappa shape index (κ2) is 8.54. The lowest BCUT2D eigenvalue weighted by molar-refractivity contribution is 0.000329. The first-order chi connectivity index (χ1) is 13.7. The number of nitrogens with zero attached hydrogens (tertiary/aromatic N) is 4. The van der Waals surface area contributed by atoms with Crippen molar-refractivity contribution in [1.82, 2.24) is 19.7 Å². The van der Waals surface area contributed by atoms with Gasteiger partial charge in [-0.25, -0.2) is 9.67 Å². The van der Waals surface area contributed by atoms with Gasteiger partial charge in [-0.2, -0.15) is 5.10 Å². The van der Waals surface area contributed by atoms with Gasteiger partial charge in [0.05, 0.1) is 32.9 Å². The first-order valence-corrected chi connectivity index (χ1v) is 9.62. The van der Waals surface area contributed by atoms with Crippen molar-refractivity contribution in [3.63, 3.8) is 0 Å².